The van der Waals surface area contributed by atoms with Gasteiger partial charge in [0.1, 0.15) is 6.54 Å². The van der Waals surface area contributed by atoms with Crippen molar-refractivity contribution in [2.75, 3.05) is 11.9 Å². The molecule has 1 saturated heterocycles. The summed E-state index contributed by atoms with van der Waals surface area (Å²) in [5, 5.41) is 2.64. The molecule has 0 bridgehead atoms. The van der Waals surface area contributed by atoms with Gasteiger partial charge in [0, 0.05) is 14.3 Å². The van der Waals surface area contributed by atoms with Crippen molar-refractivity contribution in [2.24, 2.45) is 0 Å². The highest BCUT2D eigenvalue weighted by Crippen LogP contribution is 2.32. The molecule has 8 heteroatoms. The maximum absolute atomic E-state index is 12.4. The predicted octanol–water partition coefficient (Wildman–Crippen LogP) is 4.62. The lowest BCUT2D eigenvalue weighted by Crippen LogP contribution is -2.36. The number of rotatable bonds is 4. The van der Waals surface area contributed by atoms with Crippen molar-refractivity contribution in [3.05, 3.63) is 67.6 Å². The van der Waals surface area contributed by atoms with Crippen molar-refractivity contribution in [2.45, 2.75) is 0 Å². The standard InChI is InChI=1S/C18H12ClIN2O3S/c19-12-2-1-3-14(9-12)21-16(23)10-22-17(24)15(26-18(22)25)8-11-4-6-13(20)7-5-11/h1-9H,10H2,(H,21,23)/b15-8-. The number of carbonyl (C=O) groups is 3. The van der Waals surface area contributed by atoms with Crippen LogP contribution in [-0.4, -0.2) is 28.5 Å². The molecular formula is C18H12ClIN2O3S. The summed E-state index contributed by atoms with van der Waals surface area (Å²) in [7, 11) is 0. The number of benzene rings is 2. The molecule has 0 aromatic heterocycles. The van der Waals surface area contributed by atoms with Crippen molar-refractivity contribution >= 4 is 74.8 Å². The molecule has 26 heavy (non-hydrogen) atoms. The monoisotopic (exact) mass is 498 g/mol. The van der Waals surface area contributed by atoms with Crippen LogP contribution in [0.2, 0.25) is 5.02 Å². The molecule has 0 spiro atoms. The minimum atomic E-state index is -0.472. The molecule has 2 aromatic carbocycles. The number of anilines is 1. The molecule has 0 unspecified atom stereocenters. The summed E-state index contributed by atoms with van der Waals surface area (Å²) >= 11 is 8.88. The zero-order valence-corrected chi connectivity index (χ0v) is 17.0. The van der Waals surface area contributed by atoms with Crippen molar-refractivity contribution < 1.29 is 14.4 Å². The molecule has 0 aliphatic carbocycles. The zero-order valence-electron chi connectivity index (χ0n) is 13.2. The Hall–Kier alpha value is -1.84. The van der Waals surface area contributed by atoms with Crippen molar-refractivity contribution in [1.29, 1.82) is 0 Å². The first-order valence-electron chi connectivity index (χ1n) is 7.49. The van der Waals surface area contributed by atoms with E-state index in [2.05, 4.69) is 27.9 Å². The van der Waals surface area contributed by atoms with Crippen molar-refractivity contribution in [1.82, 2.24) is 4.90 Å². The summed E-state index contributed by atoms with van der Waals surface area (Å²) < 4.78 is 1.07. The molecule has 2 aromatic rings. The Morgan fingerprint density at radius 3 is 2.62 bits per heavy atom. The van der Waals surface area contributed by atoms with Gasteiger partial charge in [-0.1, -0.05) is 29.8 Å². The van der Waals surface area contributed by atoms with E-state index < -0.39 is 17.1 Å². The van der Waals surface area contributed by atoms with E-state index >= 15 is 0 Å². The second-order valence-corrected chi connectivity index (χ2v) is 8.05. The third-order valence-electron chi connectivity index (χ3n) is 3.45. The highest BCUT2D eigenvalue weighted by Gasteiger charge is 2.36. The largest absolute Gasteiger partial charge is 0.324 e. The van der Waals surface area contributed by atoms with E-state index in [0.29, 0.717) is 15.6 Å². The first kappa shape index (κ1) is 18.9. The van der Waals surface area contributed by atoms with Gasteiger partial charge in [0.15, 0.2) is 0 Å². The third kappa shape index (κ3) is 4.66. The van der Waals surface area contributed by atoms with Crippen LogP contribution in [0.3, 0.4) is 0 Å². The van der Waals surface area contributed by atoms with E-state index in [1.54, 1.807) is 30.3 Å². The number of imide groups is 1. The Morgan fingerprint density at radius 2 is 1.92 bits per heavy atom. The number of amides is 3. The fourth-order valence-electron chi connectivity index (χ4n) is 2.26. The molecule has 132 valence electrons. The lowest BCUT2D eigenvalue weighted by molar-refractivity contribution is -0.127. The van der Waals surface area contributed by atoms with Crippen LogP contribution in [-0.2, 0) is 9.59 Å². The molecule has 0 atom stereocenters. The quantitative estimate of drug-likeness (QED) is 0.493. The highest BCUT2D eigenvalue weighted by atomic mass is 127. The van der Waals surface area contributed by atoms with Crippen LogP contribution in [0.4, 0.5) is 10.5 Å². The van der Waals surface area contributed by atoms with Gasteiger partial charge in [0.25, 0.3) is 11.1 Å². The Bertz CT molecular complexity index is 915. The first-order chi connectivity index (χ1) is 12.4. The summed E-state index contributed by atoms with van der Waals surface area (Å²) in [6.45, 7) is -0.346. The number of halogens is 2. The number of nitrogens with zero attached hydrogens (tertiary/aromatic N) is 1. The van der Waals surface area contributed by atoms with Gasteiger partial charge < -0.3 is 5.32 Å². The maximum Gasteiger partial charge on any atom is 0.294 e. The molecule has 5 nitrogen and oxygen atoms in total. The average Bonchev–Trinajstić information content (AvgIpc) is 2.84. The molecule has 3 amide bonds. The molecule has 1 heterocycles. The minimum absolute atomic E-state index is 0.298. The van der Waals surface area contributed by atoms with E-state index in [4.69, 9.17) is 11.6 Å². The van der Waals surface area contributed by atoms with Gasteiger partial charge in [0.2, 0.25) is 5.91 Å². The summed E-state index contributed by atoms with van der Waals surface area (Å²) in [6, 6.07) is 14.2. The zero-order chi connectivity index (χ0) is 18.7. The Labute approximate surface area is 172 Å². The van der Waals surface area contributed by atoms with E-state index in [1.165, 1.54) is 0 Å². The molecule has 3 rings (SSSR count). The number of hydrogen-bond acceptors (Lipinski definition) is 4. The van der Waals surface area contributed by atoms with Gasteiger partial charge >= 0.3 is 0 Å². The summed E-state index contributed by atoms with van der Waals surface area (Å²) in [6.07, 6.45) is 1.65. The van der Waals surface area contributed by atoms with Crippen LogP contribution in [0.5, 0.6) is 0 Å². The van der Waals surface area contributed by atoms with Gasteiger partial charge in [-0.3, -0.25) is 19.3 Å². The van der Waals surface area contributed by atoms with Crippen LogP contribution in [0, 0.1) is 3.57 Å². The fourth-order valence-corrected chi connectivity index (χ4v) is 3.65. The smallest absolute Gasteiger partial charge is 0.294 e. The van der Waals surface area contributed by atoms with Gasteiger partial charge in [-0.2, -0.15) is 0 Å². The normalized spacial score (nSPS) is 15.6. The highest BCUT2D eigenvalue weighted by molar-refractivity contribution is 14.1. The number of thioether (sulfide) groups is 1. The summed E-state index contributed by atoms with van der Waals surface area (Å²) in [5.41, 5.74) is 1.32. The molecular weight excluding hydrogens is 487 g/mol. The van der Waals surface area contributed by atoms with Crippen molar-refractivity contribution in [3.8, 4) is 0 Å². The van der Waals surface area contributed by atoms with Crippen LogP contribution in [0.25, 0.3) is 6.08 Å². The predicted molar refractivity (Wildman–Crippen MR) is 112 cm³/mol. The Kier molecular flexibility index (Phi) is 6.00. The Morgan fingerprint density at radius 1 is 1.19 bits per heavy atom. The van der Waals surface area contributed by atoms with Gasteiger partial charge in [-0.25, -0.2) is 0 Å². The van der Waals surface area contributed by atoms with Gasteiger partial charge in [-0.05, 0) is 76.3 Å². The van der Waals surface area contributed by atoms with Gasteiger partial charge in [-0.15, -0.1) is 0 Å². The van der Waals surface area contributed by atoms with Gasteiger partial charge in [0.05, 0.1) is 4.91 Å². The summed E-state index contributed by atoms with van der Waals surface area (Å²) in [4.78, 5) is 37.9. The lowest BCUT2D eigenvalue weighted by atomic mass is 10.2. The van der Waals surface area contributed by atoms with Crippen LogP contribution in [0.1, 0.15) is 5.56 Å². The number of carbonyl (C=O) groups excluding carboxylic acids is 3. The van der Waals surface area contributed by atoms with E-state index in [-0.39, 0.29) is 6.54 Å². The summed E-state index contributed by atoms with van der Waals surface area (Å²) in [5.74, 6) is -0.940. The molecule has 1 N–H and O–H groups in total. The van der Waals surface area contributed by atoms with Crippen molar-refractivity contribution in [3.63, 3.8) is 0 Å². The lowest BCUT2D eigenvalue weighted by Gasteiger charge is -2.12. The molecule has 1 aliphatic heterocycles. The molecule has 1 fully saturated rings. The maximum atomic E-state index is 12.4. The van der Waals surface area contributed by atoms with Crippen LogP contribution >= 0.6 is 46.0 Å². The number of hydrogen-bond donors (Lipinski definition) is 1. The van der Waals surface area contributed by atoms with E-state index in [1.807, 2.05) is 24.3 Å². The molecule has 1 aliphatic rings. The van der Waals surface area contributed by atoms with E-state index in [9.17, 15) is 14.4 Å². The van der Waals surface area contributed by atoms with E-state index in [0.717, 1.165) is 25.8 Å². The van der Waals surface area contributed by atoms with Crippen LogP contribution in [0.15, 0.2) is 53.4 Å². The topological polar surface area (TPSA) is 66.5 Å². The molecule has 0 radical (unpaired) electrons. The minimum Gasteiger partial charge on any atom is -0.324 e. The SMILES string of the molecule is O=C(CN1C(=O)S/C(=C\c2ccc(I)cc2)C1=O)Nc1cccc(Cl)c1. The fraction of sp³-hybridized carbons (Fsp3) is 0.0556. The molecule has 0 saturated carbocycles. The first-order valence-corrected chi connectivity index (χ1v) is 9.76. The average molecular weight is 499 g/mol. The van der Waals surface area contributed by atoms with Crippen LogP contribution < -0.4 is 5.32 Å². The number of nitrogens with one attached hydrogen (secondary N) is 1. The second kappa shape index (κ2) is 8.24. The third-order valence-corrected chi connectivity index (χ3v) is 5.31. The second-order valence-electron chi connectivity index (χ2n) is 5.38. The Balaban J connectivity index is 1.69.